The molecule has 1 fully saturated rings. The van der Waals surface area contributed by atoms with Crippen LogP contribution in [0.5, 0.6) is 0 Å². The summed E-state index contributed by atoms with van der Waals surface area (Å²) in [5.41, 5.74) is 1.87. The molecule has 2 heteroatoms. The molecule has 0 amide bonds. The van der Waals surface area contributed by atoms with Gasteiger partial charge in [-0.05, 0) is 36.5 Å². The van der Waals surface area contributed by atoms with Gasteiger partial charge in [0.05, 0.1) is 11.6 Å². The van der Waals surface area contributed by atoms with E-state index in [1.807, 2.05) is 24.3 Å². The van der Waals surface area contributed by atoms with Gasteiger partial charge in [0.1, 0.15) is 0 Å². The molecule has 0 atom stereocenters. The summed E-state index contributed by atoms with van der Waals surface area (Å²) in [7, 11) is 0. The van der Waals surface area contributed by atoms with Gasteiger partial charge in [0.2, 0.25) is 0 Å². The Kier molecular flexibility index (Phi) is 3.74. The zero-order chi connectivity index (χ0) is 11.2. The number of allylic oxidation sites excluding steroid dienone is 1. The first-order valence-electron chi connectivity index (χ1n) is 5.64. The summed E-state index contributed by atoms with van der Waals surface area (Å²) in [6, 6.07) is 9.78. The summed E-state index contributed by atoms with van der Waals surface area (Å²) in [5.74, 6) is 0.643. The molecule has 0 bridgehead atoms. The van der Waals surface area contributed by atoms with Crippen LogP contribution in [-0.4, -0.2) is 13.2 Å². The molecule has 0 aromatic heterocycles. The zero-order valence-electron chi connectivity index (χ0n) is 9.23. The van der Waals surface area contributed by atoms with Crippen LogP contribution in [0.4, 0.5) is 0 Å². The molecule has 0 spiro atoms. The second kappa shape index (κ2) is 5.48. The summed E-state index contributed by atoms with van der Waals surface area (Å²) >= 11 is 0. The minimum atomic E-state index is 0.643. The number of ether oxygens (including phenoxy) is 1. The highest BCUT2D eigenvalue weighted by Gasteiger charge is 2.09. The maximum absolute atomic E-state index is 8.68. The fourth-order valence-electron chi connectivity index (χ4n) is 1.82. The molecule has 1 saturated heterocycles. The molecule has 16 heavy (non-hydrogen) atoms. The van der Waals surface area contributed by atoms with E-state index in [1.54, 1.807) is 0 Å². The smallest absolute Gasteiger partial charge is 0.0991 e. The van der Waals surface area contributed by atoms with E-state index < -0.39 is 0 Å². The van der Waals surface area contributed by atoms with E-state index in [2.05, 4.69) is 18.2 Å². The molecule has 1 aromatic carbocycles. The molecule has 1 aromatic rings. The first-order chi connectivity index (χ1) is 7.88. The van der Waals surface area contributed by atoms with Crippen LogP contribution in [0.25, 0.3) is 6.08 Å². The number of hydrogen-bond acceptors (Lipinski definition) is 2. The van der Waals surface area contributed by atoms with Crippen molar-refractivity contribution in [2.75, 3.05) is 13.2 Å². The topological polar surface area (TPSA) is 33.0 Å². The van der Waals surface area contributed by atoms with E-state index in [4.69, 9.17) is 10.00 Å². The molecule has 0 radical (unpaired) electrons. The molecular formula is C14H15NO. The summed E-state index contributed by atoms with van der Waals surface area (Å²) < 4.78 is 5.31. The fraction of sp³-hybridized carbons (Fsp3) is 0.357. The average molecular weight is 213 g/mol. The Balaban J connectivity index is 1.97. The third-order valence-corrected chi connectivity index (χ3v) is 2.87. The van der Waals surface area contributed by atoms with Crippen molar-refractivity contribution in [3.8, 4) is 6.07 Å². The van der Waals surface area contributed by atoms with Crippen LogP contribution in [0, 0.1) is 17.2 Å². The van der Waals surface area contributed by atoms with Gasteiger partial charge in [-0.15, -0.1) is 0 Å². The van der Waals surface area contributed by atoms with Gasteiger partial charge in [-0.1, -0.05) is 24.3 Å². The highest BCUT2D eigenvalue weighted by molar-refractivity contribution is 5.51. The highest BCUT2D eigenvalue weighted by atomic mass is 16.5. The standard InChI is InChI=1S/C14H15NO/c15-11-14-5-3-12(4-6-14)1-2-13-7-9-16-10-8-13/h1-6,13H,7-10H2/b2-1-. The van der Waals surface area contributed by atoms with Gasteiger partial charge in [-0.3, -0.25) is 0 Å². The van der Waals surface area contributed by atoms with E-state index >= 15 is 0 Å². The van der Waals surface area contributed by atoms with Crippen LogP contribution < -0.4 is 0 Å². The van der Waals surface area contributed by atoms with Crippen molar-refractivity contribution in [2.45, 2.75) is 12.8 Å². The Hall–Kier alpha value is -1.59. The third-order valence-electron chi connectivity index (χ3n) is 2.87. The van der Waals surface area contributed by atoms with Crippen molar-refractivity contribution in [2.24, 2.45) is 5.92 Å². The van der Waals surface area contributed by atoms with Gasteiger partial charge in [-0.25, -0.2) is 0 Å². The number of benzene rings is 1. The first kappa shape index (κ1) is 10.9. The molecule has 0 unspecified atom stereocenters. The Morgan fingerprint density at radius 1 is 1.19 bits per heavy atom. The van der Waals surface area contributed by atoms with E-state index in [9.17, 15) is 0 Å². The van der Waals surface area contributed by atoms with Gasteiger partial charge >= 0.3 is 0 Å². The van der Waals surface area contributed by atoms with E-state index in [0.717, 1.165) is 31.6 Å². The average Bonchev–Trinajstić information content (AvgIpc) is 2.38. The zero-order valence-corrected chi connectivity index (χ0v) is 9.23. The van der Waals surface area contributed by atoms with Crippen LogP contribution in [0.3, 0.4) is 0 Å². The molecule has 1 heterocycles. The van der Waals surface area contributed by atoms with Crippen molar-refractivity contribution in [1.29, 1.82) is 5.26 Å². The van der Waals surface area contributed by atoms with Crippen LogP contribution in [0.15, 0.2) is 30.3 Å². The summed E-state index contributed by atoms with van der Waals surface area (Å²) in [4.78, 5) is 0. The predicted molar refractivity (Wildman–Crippen MR) is 63.7 cm³/mol. The molecule has 2 nitrogen and oxygen atoms in total. The SMILES string of the molecule is N#Cc1ccc(/C=C\C2CCOCC2)cc1. The molecule has 82 valence electrons. The maximum atomic E-state index is 8.68. The lowest BCUT2D eigenvalue weighted by molar-refractivity contribution is 0.0787. The Bertz CT molecular complexity index is 394. The van der Waals surface area contributed by atoms with Crippen LogP contribution in [-0.2, 0) is 4.74 Å². The second-order valence-corrected chi connectivity index (χ2v) is 4.04. The molecule has 1 aliphatic heterocycles. The van der Waals surface area contributed by atoms with Gasteiger partial charge in [0, 0.05) is 13.2 Å². The number of nitrogens with zero attached hydrogens (tertiary/aromatic N) is 1. The molecule has 0 saturated carbocycles. The lowest BCUT2D eigenvalue weighted by atomic mass is 9.99. The lowest BCUT2D eigenvalue weighted by Crippen LogP contribution is -2.13. The predicted octanol–water partition coefficient (Wildman–Crippen LogP) is 3.00. The largest absolute Gasteiger partial charge is 0.381 e. The molecule has 1 aliphatic rings. The molecule has 0 N–H and O–H groups in total. The summed E-state index contributed by atoms with van der Waals surface area (Å²) in [5, 5.41) is 8.68. The van der Waals surface area contributed by atoms with Crippen molar-refractivity contribution in [3.63, 3.8) is 0 Å². The Morgan fingerprint density at radius 2 is 1.88 bits per heavy atom. The summed E-state index contributed by atoms with van der Waals surface area (Å²) in [6.07, 6.45) is 6.63. The summed E-state index contributed by atoms with van der Waals surface area (Å²) in [6.45, 7) is 1.75. The first-order valence-corrected chi connectivity index (χ1v) is 5.64. The normalized spacial score (nSPS) is 17.4. The minimum absolute atomic E-state index is 0.643. The van der Waals surface area contributed by atoms with Gasteiger partial charge < -0.3 is 4.74 Å². The highest BCUT2D eigenvalue weighted by Crippen LogP contribution is 2.17. The molecule has 0 aliphatic carbocycles. The van der Waals surface area contributed by atoms with Crippen molar-refractivity contribution in [3.05, 3.63) is 41.5 Å². The van der Waals surface area contributed by atoms with Crippen molar-refractivity contribution < 1.29 is 4.74 Å². The van der Waals surface area contributed by atoms with Crippen LogP contribution in [0.2, 0.25) is 0 Å². The van der Waals surface area contributed by atoms with E-state index in [1.165, 1.54) is 0 Å². The monoisotopic (exact) mass is 213 g/mol. The van der Waals surface area contributed by atoms with Crippen LogP contribution in [0.1, 0.15) is 24.0 Å². The Labute approximate surface area is 96.2 Å². The minimum Gasteiger partial charge on any atom is -0.381 e. The van der Waals surface area contributed by atoms with Crippen molar-refractivity contribution >= 4 is 6.08 Å². The van der Waals surface area contributed by atoms with Crippen LogP contribution >= 0.6 is 0 Å². The van der Waals surface area contributed by atoms with Gasteiger partial charge in [0.15, 0.2) is 0 Å². The lowest BCUT2D eigenvalue weighted by Gasteiger charge is -2.18. The molecule has 2 rings (SSSR count). The maximum Gasteiger partial charge on any atom is 0.0991 e. The van der Waals surface area contributed by atoms with E-state index in [0.29, 0.717) is 11.5 Å². The Morgan fingerprint density at radius 3 is 2.50 bits per heavy atom. The number of rotatable bonds is 2. The van der Waals surface area contributed by atoms with E-state index in [-0.39, 0.29) is 0 Å². The molecular weight excluding hydrogens is 198 g/mol. The number of nitriles is 1. The third kappa shape index (κ3) is 2.95. The van der Waals surface area contributed by atoms with Gasteiger partial charge in [0.25, 0.3) is 0 Å². The second-order valence-electron chi connectivity index (χ2n) is 4.04. The quantitative estimate of drug-likeness (QED) is 0.756. The number of hydrogen-bond donors (Lipinski definition) is 0. The van der Waals surface area contributed by atoms with Crippen molar-refractivity contribution in [1.82, 2.24) is 0 Å². The van der Waals surface area contributed by atoms with Gasteiger partial charge in [-0.2, -0.15) is 5.26 Å². The fourth-order valence-corrected chi connectivity index (χ4v) is 1.82.